The van der Waals surface area contributed by atoms with Crippen molar-refractivity contribution in [2.75, 3.05) is 0 Å². The molecule has 0 fully saturated rings. The van der Waals surface area contributed by atoms with Crippen LogP contribution < -0.4 is 5.73 Å². The highest BCUT2D eigenvalue weighted by molar-refractivity contribution is 6.42. The molecule has 0 bridgehead atoms. The number of nitrogens with zero attached hydrogens (tertiary/aromatic N) is 1. The molecule has 3 N–H and O–H groups in total. The summed E-state index contributed by atoms with van der Waals surface area (Å²) in [5.74, 6) is -0.571. The first kappa shape index (κ1) is 11.0. The van der Waals surface area contributed by atoms with Crippen LogP contribution in [0.1, 0.15) is 10.5 Å². The lowest BCUT2D eigenvalue weighted by Crippen LogP contribution is -2.12. The molecule has 1 heterocycles. The molecule has 4 nitrogen and oxygen atoms in total. The number of rotatable bonds is 2. The number of halogens is 2. The van der Waals surface area contributed by atoms with Crippen LogP contribution in [-0.2, 0) is 0 Å². The quantitative estimate of drug-likeness (QED) is 0.866. The van der Waals surface area contributed by atoms with Crippen molar-refractivity contribution in [3.63, 3.8) is 0 Å². The molecule has 1 amide bonds. The van der Waals surface area contributed by atoms with Crippen molar-refractivity contribution in [2.24, 2.45) is 5.73 Å². The van der Waals surface area contributed by atoms with Gasteiger partial charge in [-0.3, -0.25) is 9.89 Å². The average molecular weight is 256 g/mol. The van der Waals surface area contributed by atoms with Crippen LogP contribution in [0.25, 0.3) is 11.1 Å². The summed E-state index contributed by atoms with van der Waals surface area (Å²) in [5, 5.41) is 7.17. The number of amides is 1. The van der Waals surface area contributed by atoms with Crippen molar-refractivity contribution in [1.29, 1.82) is 0 Å². The van der Waals surface area contributed by atoms with Gasteiger partial charge < -0.3 is 5.73 Å². The Morgan fingerprint density at radius 1 is 1.31 bits per heavy atom. The number of carbonyl (C=O) groups is 1. The topological polar surface area (TPSA) is 71.8 Å². The Balaban J connectivity index is 2.54. The summed E-state index contributed by atoms with van der Waals surface area (Å²) < 4.78 is 0. The second-order valence-electron chi connectivity index (χ2n) is 3.15. The van der Waals surface area contributed by atoms with Crippen molar-refractivity contribution >= 4 is 29.1 Å². The molecule has 2 aromatic rings. The number of nitrogens with one attached hydrogen (secondary N) is 1. The predicted octanol–water partition coefficient (Wildman–Crippen LogP) is 2.48. The van der Waals surface area contributed by atoms with Gasteiger partial charge >= 0.3 is 0 Å². The Hall–Kier alpha value is -1.52. The zero-order chi connectivity index (χ0) is 11.7. The van der Waals surface area contributed by atoms with Crippen LogP contribution in [0.2, 0.25) is 10.0 Å². The van der Waals surface area contributed by atoms with E-state index in [-0.39, 0.29) is 5.69 Å². The van der Waals surface area contributed by atoms with Crippen LogP contribution in [0, 0.1) is 0 Å². The third kappa shape index (κ3) is 1.89. The fourth-order valence-electron chi connectivity index (χ4n) is 1.36. The molecular weight excluding hydrogens is 249 g/mol. The van der Waals surface area contributed by atoms with Crippen LogP contribution in [-0.4, -0.2) is 16.1 Å². The smallest absolute Gasteiger partial charge is 0.267 e. The Bertz CT molecular complexity index is 551. The summed E-state index contributed by atoms with van der Waals surface area (Å²) in [6.07, 6.45) is 1.51. The summed E-state index contributed by atoms with van der Waals surface area (Å²) in [6, 6.07) is 5.05. The molecule has 1 aromatic heterocycles. The molecule has 0 atom stereocenters. The van der Waals surface area contributed by atoms with E-state index in [2.05, 4.69) is 10.2 Å². The molecule has 6 heteroatoms. The lowest BCUT2D eigenvalue weighted by Gasteiger charge is -2.02. The number of benzene rings is 1. The van der Waals surface area contributed by atoms with Gasteiger partial charge in [-0.1, -0.05) is 29.3 Å². The predicted molar refractivity (Wildman–Crippen MR) is 62.6 cm³/mol. The van der Waals surface area contributed by atoms with Gasteiger partial charge in [-0.25, -0.2) is 0 Å². The fraction of sp³-hybridized carbons (Fsp3) is 0. The summed E-state index contributed by atoms with van der Waals surface area (Å²) in [7, 11) is 0. The van der Waals surface area contributed by atoms with Crippen LogP contribution in [0.5, 0.6) is 0 Å². The van der Waals surface area contributed by atoms with Crippen LogP contribution in [0.15, 0.2) is 24.4 Å². The molecule has 2 rings (SSSR count). The highest BCUT2D eigenvalue weighted by Crippen LogP contribution is 2.29. The maximum Gasteiger partial charge on any atom is 0.267 e. The first-order chi connectivity index (χ1) is 7.59. The molecule has 0 aliphatic carbocycles. The van der Waals surface area contributed by atoms with E-state index in [1.807, 2.05) is 0 Å². The minimum absolute atomic E-state index is 0.249. The number of hydrogen-bond acceptors (Lipinski definition) is 2. The number of H-pyrrole nitrogens is 1. The van der Waals surface area contributed by atoms with E-state index in [4.69, 9.17) is 28.9 Å². The number of aromatic amines is 1. The van der Waals surface area contributed by atoms with Crippen molar-refractivity contribution in [1.82, 2.24) is 10.2 Å². The maximum absolute atomic E-state index is 11.1. The van der Waals surface area contributed by atoms with Crippen molar-refractivity contribution in [3.05, 3.63) is 40.1 Å². The van der Waals surface area contributed by atoms with Crippen LogP contribution >= 0.6 is 23.2 Å². The molecule has 0 unspecified atom stereocenters. The Morgan fingerprint density at radius 2 is 2.06 bits per heavy atom. The van der Waals surface area contributed by atoms with Gasteiger partial charge in [0.1, 0.15) is 5.69 Å². The van der Waals surface area contributed by atoms with Gasteiger partial charge in [0.15, 0.2) is 0 Å². The van der Waals surface area contributed by atoms with E-state index in [1.54, 1.807) is 18.2 Å². The number of aromatic nitrogens is 2. The molecule has 0 aliphatic rings. The summed E-state index contributed by atoms with van der Waals surface area (Å²) in [6.45, 7) is 0. The van der Waals surface area contributed by atoms with Gasteiger partial charge in [-0.05, 0) is 17.7 Å². The van der Waals surface area contributed by atoms with Crippen molar-refractivity contribution < 1.29 is 4.79 Å². The van der Waals surface area contributed by atoms with E-state index in [0.29, 0.717) is 15.6 Å². The van der Waals surface area contributed by atoms with Crippen LogP contribution in [0.4, 0.5) is 0 Å². The first-order valence-corrected chi connectivity index (χ1v) is 5.14. The lowest BCUT2D eigenvalue weighted by molar-refractivity contribution is 0.0996. The summed E-state index contributed by atoms with van der Waals surface area (Å²) in [4.78, 5) is 11.1. The van der Waals surface area contributed by atoms with Gasteiger partial charge in [0.2, 0.25) is 0 Å². The standard InChI is InChI=1S/C10H7Cl2N3O/c11-7-2-1-5(3-8(7)12)6-4-14-15-9(6)10(13)16/h1-4H,(H2,13,16)(H,14,15). The molecule has 0 radical (unpaired) electrons. The number of hydrogen-bond donors (Lipinski definition) is 2. The highest BCUT2D eigenvalue weighted by Gasteiger charge is 2.13. The van der Waals surface area contributed by atoms with Gasteiger partial charge in [0.05, 0.1) is 16.2 Å². The van der Waals surface area contributed by atoms with E-state index in [9.17, 15) is 4.79 Å². The normalized spacial score (nSPS) is 10.4. The molecule has 82 valence electrons. The Kier molecular flexibility index (Phi) is 2.85. The number of nitrogens with two attached hydrogens (primary N) is 1. The van der Waals surface area contributed by atoms with Gasteiger partial charge in [0, 0.05) is 5.56 Å². The van der Waals surface area contributed by atoms with Crippen LogP contribution in [0.3, 0.4) is 0 Å². The Morgan fingerprint density at radius 3 is 2.69 bits per heavy atom. The molecule has 0 saturated carbocycles. The zero-order valence-electron chi connectivity index (χ0n) is 8.00. The van der Waals surface area contributed by atoms with Gasteiger partial charge in [-0.15, -0.1) is 0 Å². The largest absolute Gasteiger partial charge is 0.364 e. The third-order valence-electron chi connectivity index (χ3n) is 2.12. The SMILES string of the molecule is NC(=O)c1[nH]ncc1-c1ccc(Cl)c(Cl)c1. The second-order valence-corrected chi connectivity index (χ2v) is 3.97. The minimum atomic E-state index is -0.571. The average Bonchev–Trinajstić information content (AvgIpc) is 2.71. The van der Waals surface area contributed by atoms with Gasteiger partial charge in [0.25, 0.3) is 5.91 Å². The molecule has 0 saturated heterocycles. The number of primary amides is 1. The van der Waals surface area contributed by atoms with Crippen molar-refractivity contribution in [2.45, 2.75) is 0 Å². The minimum Gasteiger partial charge on any atom is -0.364 e. The van der Waals surface area contributed by atoms with E-state index in [1.165, 1.54) is 6.20 Å². The summed E-state index contributed by atoms with van der Waals surface area (Å²) in [5.41, 5.74) is 6.78. The fourth-order valence-corrected chi connectivity index (χ4v) is 1.65. The molecule has 0 aliphatic heterocycles. The Labute approximate surface area is 101 Å². The molecule has 16 heavy (non-hydrogen) atoms. The van der Waals surface area contributed by atoms with E-state index >= 15 is 0 Å². The van der Waals surface area contributed by atoms with E-state index in [0.717, 1.165) is 5.56 Å². The van der Waals surface area contributed by atoms with Gasteiger partial charge in [-0.2, -0.15) is 5.10 Å². The second kappa shape index (κ2) is 4.15. The molecule has 1 aromatic carbocycles. The third-order valence-corrected chi connectivity index (χ3v) is 2.86. The number of carbonyl (C=O) groups excluding carboxylic acids is 1. The monoisotopic (exact) mass is 255 g/mol. The highest BCUT2D eigenvalue weighted by atomic mass is 35.5. The summed E-state index contributed by atoms with van der Waals surface area (Å²) >= 11 is 11.7. The van der Waals surface area contributed by atoms with E-state index < -0.39 is 5.91 Å². The molecule has 0 spiro atoms. The lowest BCUT2D eigenvalue weighted by atomic mass is 10.1. The first-order valence-electron chi connectivity index (χ1n) is 4.38. The van der Waals surface area contributed by atoms with Crippen molar-refractivity contribution in [3.8, 4) is 11.1 Å². The maximum atomic E-state index is 11.1. The zero-order valence-corrected chi connectivity index (χ0v) is 9.51. The molecular formula is C10H7Cl2N3O.